The van der Waals surface area contributed by atoms with Crippen LogP contribution in [0.2, 0.25) is 0 Å². The molecule has 0 N–H and O–H groups in total. The molecule has 0 aliphatic rings. The summed E-state index contributed by atoms with van der Waals surface area (Å²) in [6.45, 7) is 23.9. The third-order valence-electron chi connectivity index (χ3n) is 11.8. The first-order chi connectivity index (χ1) is 35.6. The van der Waals surface area contributed by atoms with E-state index in [4.69, 9.17) is 31.6 Å². The minimum atomic E-state index is -0.214. The third kappa shape index (κ3) is 17.8. The Labute approximate surface area is 447 Å². The molecule has 0 saturated carbocycles. The van der Waals surface area contributed by atoms with Gasteiger partial charge in [0.2, 0.25) is 0 Å². The van der Waals surface area contributed by atoms with Crippen LogP contribution in [0.4, 0.5) is 0 Å². The van der Waals surface area contributed by atoms with Gasteiger partial charge in [0, 0.05) is 89.5 Å². The van der Waals surface area contributed by atoms with Crippen LogP contribution in [0.15, 0.2) is 109 Å². The van der Waals surface area contributed by atoms with Crippen molar-refractivity contribution in [2.24, 2.45) is 35.2 Å². The van der Waals surface area contributed by atoms with E-state index in [1.54, 1.807) is 58.9 Å². The smallest absolute Gasteiger partial charge is 0.268 e. The van der Waals surface area contributed by atoms with Gasteiger partial charge in [-0.3, -0.25) is 24.0 Å². The Morgan fingerprint density at radius 1 is 0.382 bits per heavy atom. The molecule has 0 amide bonds. The van der Waals surface area contributed by atoms with Crippen LogP contribution in [0.5, 0.6) is 0 Å². The minimum absolute atomic E-state index is 0.0669. The first-order valence-electron chi connectivity index (χ1n) is 24.6. The third-order valence-corrected chi connectivity index (χ3v) is 11.8. The van der Waals surface area contributed by atoms with Gasteiger partial charge in [0.25, 0.3) is 22.2 Å². The van der Waals surface area contributed by atoms with Crippen molar-refractivity contribution in [3.63, 3.8) is 0 Å². The first kappa shape index (κ1) is 64.9. The fraction of sp³-hybridized carbons (Fsp3) is 0.383. The molecule has 1 aromatic carbocycles. The lowest BCUT2D eigenvalue weighted by Crippen LogP contribution is -2.21. The Kier molecular flexibility index (Phi) is 26.3. The standard InChI is InChI=1S/5C10H12N2O.C10H11N/c1-7(2)9-4-10(13)12(3)6-8(9)5-11;1-7(2)10-8(6-11)9(13)4-5-12(10)3;1-7(2)8-4-5-12(3)10(13)9(8)6-11;1-7(2)8-4-5-10(13)12(3)9(8)6-11;1-7(2)10-8(6-11)4-5-9(13)12(10)3;1-8(2)10-6-4-3-5-9(10)7-11/h4,6-7H,1-3H3;4*4-5,7H,1-3H3;3-6,8H,1-2H3. The van der Waals surface area contributed by atoms with E-state index in [-0.39, 0.29) is 68.4 Å². The van der Waals surface area contributed by atoms with Crippen LogP contribution in [-0.4, -0.2) is 22.8 Å². The van der Waals surface area contributed by atoms with E-state index in [2.05, 4.69) is 32.1 Å². The van der Waals surface area contributed by atoms with Crippen LogP contribution in [-0.2, 0) is 35.2 Å². The summed E-state index contributed by atoms with van der Waals surface area (Å²) in [6, 6.07) is 31.0. The van der Waals surface area contributed by atoms with Gasteiger partial charge in [-0.05, 0) is 76.0 Å². The zero-order valence-electron chi connectivity index (χ0n) is 47.0. The summed E-state index contributed by atoms with van der Waals surface area (Å²) in [6.07, 6.45) is 4.97. The fourth-order valence-electron chi connectivity index (χ4n) is 7.71. The van der Waals surface area contributed by atoms with Gasteiger partial charge >= 0.3 is 0 Å². The van der Waals surface area contributed by atoms with Crippen LogP contribution >= 0.6 is 0 Å². The highest BCUT2D eigenvalue weighted by Crippen LogP contribution is 2.20. The molecule has 0 unspecified atom stereocenters. The minimum Gasteiger partial charge on any atom is -0.353 e. The van der Waals surface area contributed by atoms with E-state index in [0.717, 1.165) is 39.2 Å². The first-order valence-corrected chi connectivity index (χ1v) is 24.6. The van der Waals surface area contributed by atoms with E-state index >= 15 is 0 Å². The zero-order valence-corrected chi connectivity index (χ0v) is 47.0. The van der Waals surface area contributed by atoms with Gasteiger partial charge in [-0.2, -0.15) is 31.6 Å². The highest BCUT2D eigenvalue weighted by Gasteiger charge is 2.14. The second-order valence-corrected chi connectivity index (χ2v) is 19.5. The van der Waals surface area contributed by atoms with E-state index in [1.165, 1.54) is 42.5 Å². The molecule has 396 valence electrons. The average Bonchev–Trinajstić information content (AvgIpc) is 3.37. The lowest BCUT2D eigenvalue weighted by molar-refractivity contribution is 0.703. The molecule has 6 rings (SSSR count). The van der Waals surface area contributed by atoms with Gasteiger partial charge in [0.1, 0.15) is 47.2 Å². The molecule has 0 spiro atoms. The maximum absolute atomic E-state index is 11.5. The van der Waals surface area contributed by atoms with Crippen LogP contribution in [0.1, 0.15) is 186 Å². The number of hydrogen-bond acceptors (Lipinski definition) is 11. The zero-order chi connectivity index (χ0) is 58.3. The topological polar surface area (TPSA) is 253 Å². The van der Waals surface area contributed by atoms with Gasteiger partial charge < -0.3 is 22.8 Å². The van der Waals surface area contributed by atoms with Crippen LogP contribution in [0, 0.1) is 68.0 Å². The Hall–Kier alpha value is -9.09. The van der Waals surface area contributed by atoms with Crippen molar-refractivity contribution in [1.82, 2.24) is 22.8 Å². The molecule has 0 atom stereocenters. The van der Waals surface area contributed by atoms with Gasteiger partial charge in [-0.25, -0.2) is 0 Å². The molecule has 5 heterocycles. The van der Waals surface area contributed by atoms with Crippen molar-refractivity contribution in [2.75, 3.05) is 0 Å². The molecule has 0 aliphatic carbocycles. The normalized spacial score (nSPS) is 10.0. The molecule has 0 fully saturated rings. The summed E-state index contributed by atoms with van der Waals surface area (Å²) in [5, 5.41) is 52.8. The molecule has 0 radical (unpaired) electrons. The summed E-state index contributed by atoms with van der Waals surface area (Å²) in [5.41, 5.74) is 7.57. The number of hydrogen-bond donors (Lipinski definition) is 0. The number of pyridine rings is 5. The number of nitrogens with zero attached hydrogens (tertiary/aromatic N) is 11. The van der Waals surface area contributed by atoms with Crippen molar-refractivity contribution in [3.05, 3.63) is 204 Å². The summed E-state index contributed by atoms with van der Waals surface area (Å²) in [7, 11) is 8.45. The van der Waals surface area contributed by atoms with Gasteiger partial charge in [0.15, 0.2) is 5.43 Å². The molecule has 0 bridgehead atoms. The Morgan fingerprint density at radius 3 is 1.32 bits per heavy atom. The molecule has 5 aromatic heterocycles. The van der Waals surface area contributed by atoms with Crippen LogP contribution in [0.25, 0.3) is 0 Å². The SMILES string of the molecule is CC(C)c1c(C#N)c(=O)ccn1C.CC(C)c1c(C#N)ccc(=O)n1C.CC(C)c1cc(=O)n(C)cc1C#N.CC(C)c1ccc(=O)n(C)c1C#N.CC(C)c1ccccc1C#N.CC(C)c1ccn(C)c(=O)c1C#N. The predicted octanol–water partition coefficient (Wildman–Crippen LogP) is 9.58. The molecule has 16 heteroatoms. The molecular formula is C60H71N11O5. The Morgan fingerprint density at radius 2 is 0.868 bits per heavy atom. The number of aromatic nitrogens is 5. The molecular weight excluding hydrogens is 955 g/mol. The quantitative estimate of drug-likeness (QED) is 0.152. The Balaban J connectivity index is 0.000000456. The lowest BCUT2D eigenvalue weighted by atomic mass is 9.98. The molecule has 6 aromatic rings. The second-order valence-electron chi connectivity index (χ2n) is 19.5. The monoisotopic (exact) mass is 1030 g/mol. The van der Waals surface area contributed by atoms with E-state index < -0.39 is 0 Å². The summed E-state index contributed by atoms with van der Waals surface area (Å²) >= 11 is 0. The number of benzene rings is 1. The van der Waals surface area contributed by atoms with Crippen LogP contribution < -0.4 is 27.7 Å². The lowest BCUT2D eigenvalue weighted by Gasteiger charge is -2.12. The average molecular weight is 1030 g/mol. The van der Waals surface area contributed by atoms with Crippen molar-refractivity contribution in [1.29, 1.82) is 31.6 Å². The molecule has 16 nitrogen and oxygen atoms in total. The van der Waals surface area contributed by atoms with E-state index in [0.29, 0.717) is 22.7 Å². The number of nitriles is 6. The molecule has 76 heavy (non-hydrogen) atoms. The molecule has 0 saturated heterocycles. The van der Waals surface area contributed by atoms with Crippen molar-refractivity contribution < 1.29 is 0 Å². The van der Waals surface area contributed by atoms with E-state index in [1.807, 2.05) is 129 Å². The number of aryl methyl sites for hydroxylation is 3. The highest BCUT2D eigenvalue weighted by atomic mass is 16.1. The van der Waals surface area contributed by atoms with E-state index in [9.17, 15) is 24.0 Å². The van der Waals surface area contributed by atoms with Crippen molar-refractivity contribution in [2.45, 2.75) is 119 Å². The van der Waals surface area contributed by atoms with Gasteiger partial charge in [0.05, 0.1) is 22.8 Å². The summed E-state index contributed by atoms with van der Waals surface area (Å²) in [4.78, 5) is 56.5. The van der Waals surface area contributed by atoms with Crippen LogP contribution in [0.3, 0.4) is 0 Å². The summed E-state index contributed by atoms with van der Waals surface area (Å²) < 4.78 is 7.58. The van der Waals surface area contributed by atoms with Crippen molar-refractivity contribution in [3.8, 4) is 36.4 Å². The maximum atomic E-state index is 11.5. The van der Waals surface area contributed by atoms with Gasteiger partial charge in [-0.1, -0.05) is 107 Å². The number of rotatable bonds is 6. The largest absolute Gasteiger partial charge is 0.353 e. The second kappa shape index (κ2) is 30.8. The maximum Gasteiger partial charge on any atom is 0.268 e. The fourth-order valence-corrected chi connectivity index (χ4v) is 7.71. The molecule has 0 aliphatic heterocycles. The van der Waals surface area contributed by atoms with Crippen molar-refractivity contribution >= 4 is 0 Å². The summed E-state index contributed by atoms with van der Waals surface area (Å²) in [5.74, 6) is 1.50. The predicted molar refractivity (Wildman–Crippen MR) is 298 cm³/mol. The van der Waals surface area contributed by atoms with Gasteiger partial charge in [-0.15, -0.1) is 0 Å². The Bertz CT molecular complexity index is 3500. The highest BCUT2D eigenvalue weighted by molar-refractivity contribution is 5.40.